The molecule has 10 heavy (non-hydrogen) atoms. The standard InChI is InChI=1S/C4H5NO.C2H6.CH3I/c1-4-2-5-3-6-4;2*1-2/h2-3H,1H3;1-2H3;1H3. The SMILES string of the molecule is CC.CI.Cc1cnco1. The summed E-state index contributed by atoms with van der Waals surface area (Å²) in [5.41, 5.74) is 0. The van der Waals surface area contributed by atoms with Crippen molar-refractivity contribution < 1.29 is 4.42 Å². The summed E-state index contributed by atoms with van der Waals surface area (Å²) in [5.74, 6) is 0.856. The fourth-order valence-electron chi connectivity index (χ4n) is 0.279. The maximum absolute atomic E-state index is 4.72. The van der Waals surface area contributed by atoms with Crippen LogP contribution in [0.3, 0.4) is 0 Å². The highest BCUT2D eigenvalue weighted by molar-refractivity contribution is 14.1. The highest BCUT2D eigenvalue weighted by Gasteiger charge is 1.77. The Labute approximate surface area is 76.2 Å². The minimum atomic E-state index is 0.856. The first-order chi connectivity index (χ1) is 4.89. The van der Waals surface area contributed by atoms with Crippen LogP contribution in [0.25, 0.3) is 0 Å². The van der Waals surface area contributed by atoms with Crippen LogP contribution in [0.2, 0.25) is 0 Å². The van der Waals surface area contributed by atoms with Crippen molar-refractivity contribution in [1.29, 1.82) is 0 Å². The number of oxazole rings is 1. The van der Waals surface area contributed by atoms with Gasteiger partial charge in [0.05, 0.1) is 6.20 Å². The Morgan fingerprint density at radius 3 is 2.00 bits per heavy atom. The van der Waals surface area contributed by atoms with E-state index in [0.717, 1.165) is 5.76 Å². The van der Waals surface area contributed by atoms with Crippen molar-refractivity contribution in [2.45, 2.75) is 20.8 Å². The molecule has 0 saturated heterocycles. The smallest absolute Gasteiger partial charge is 0.180 e. The van der Waals surface area contributed by atoms with Crippen molar-refractivity contribution in [2.24, 2.45) is 0 Å². The van der Waals surface area contributed by atoms with Gasteiger partial charge >= 0.3 is 0 Å². The van der Waals surface area contributed by atoms with Crippen molar-refractivity contribution in [2.75, 3.05) is 4.93 Å². The Kier molecular flexibility index (Phi) is 14.7. The molecular weight excluding hydrogens is 241 g/mol. The molecule has 0 N–H and O–H groups in total. The maximum Gasteiger partial charge on any atom is 0.180 e. The van der Waals surface area contributed by atoms with Crippen LogP contribution < -0.4 is 0 Å². The molecule has 2 nitrogen and oxygen atoms in total. The number of halogens is 1. The predicted molar refractivity (Wildman–Crippen MR) is 52.5 cm³/mol. The fourth-order valence-corrected chi connectivity index (χ4v) is 0.279. The van der Waals surface area contributed by atoms with Gasteiger partial charge in [-0.05, 0) is 11.9 Å². The molecule has 3 heteroatoms. The summed E-state index contributed by atoms with van der Waals surface area (Å²) < 4.78 is 4.72. The number of aromatic nitrogens is 1. The van der Waals surface area contributed by atoms with Crippen molar-refractivity contribution in [3.63, 3.8) is 0 Å². The third-order valence-corrected chi connectivity index (χ3v) is 0.556. The molecule has 1 aromatic heterocycles. The molecule has 0 aliphatic heterocycles. The fraction of sp³-hybridized carbons (Fsp3) is 0.571. The molecule has 0 spiro atoms. The van der Waals surface area contributed by atoms with Crippen LogP contribution >= 0.6 is 22.6 Å². The molecule has 0 bridgehead atoms. The van der Waals surface area contributed by atoms with E-state index in [1.165, 1.54) is 6.39 Å². The average Bonchev–Trinajstić information content (AvgIpc) is 2.48. The van der Waals surface area contributed by atoms with Crippen LogP contribution in [0.15, 0.2) is 17.0 Å². The van der Waals surface area contributed by atoms with Crippen LogP contribution in [-0.4, -0.2) is 9.91 Å². The third kappa shape index (κ3) is 7.94. The van der Waals surface area contributed by atoms with E-state index < -0.39 is 0 Å². The number of hydrogen-bond acceptors (Lipinski definition) is 2. The van der Waals surface area contributed by atoms with Gasteiger partial charge in [0, 0.05) is 0 Å². The van der Waals surface area contributed by atoms with Gasteiger partial charge in [-0.25, -0.2) is 4.98 Å². The van der Waals surface area contributed by atoms with Crippen LogP contribution in [0.5, 0.6) is 0 Å². The predicted octanol–water partition coefficient (Wildman–Crippen LogP) is 3.06. The second-order valence-corrected chi connectivity index (χ2v) is 1.11. The largest absolute Gasteiger partial charge is 0.449 e. The lowest BCUT2D eigenvalue weighted by Gasteiger charge is -1.66. The summed E-state index contributed by atoms with van der Waals surface area (Å²) >= 11 is 2.15. The van der Waals surface area contributed by atoms with Crippen molar-refractivity contribution in [3.8, 4) is 0 Å². The highest BCUT2D eigenvalue weighted by atomic mass is 127. The van der Waals surface area contributed by atoms with Crippen LogP contribution in [0, 0.1) is 6.92 Å². The molecule has 0 aliphatic rings. The Morgan fingerprint density at radius 2 is 1.90 bits per heavy atom. The number of aryl methyl sites for hydroxylation is 1. The first-order valence-electron chi connectivity index (χ1n) is 3.12. The number of rotatable bonds is 0. The van der Waals surface area contributed by atoms with Gasteiger partial charge in [-0.3, -0.25) is 0 Å². The monoisotopic (exact) mass is 255 g/mol. The van der Waals surface area contributed by atoms with E-state index in [0.29, 0.717) is 0 Å². The molecule has 1 rings (SSSR count). The zero-order valence-corrected chi connectivity index (χ0v) is 9.05. The van der Waals surface area contributed by atoms with E-state index in [9.17, 15) is 0 Å². The molecule has 0 atom stereocenters. The average molecular weight is 255 g/mol. The molecule has 0 amide bonds. The summed E-state index contributed by atoms with van der Waals surface area (Å²) in [4.78, 5) is 5.63. The second-order valence-electron chi connectivity index (χ2n) is 1.11. The summed E-state index contributed by atoms with van der Waals surface area (Å²) in [6, 6.07) is 0. The Hall–Kier alpha value is -0.0600. The lowest BCUT2D eigenvalue weighted by molar-refractivity contribution is 0.527. The van der Waals surface area contributed by atoms with Gasteiger partial charge in [0.15, 0.2) is 6.39 Å². The quantitative estimate of drug-likeness (QED) is 0.526. The van der Waals surface area contributed by atoms with Crippen LogP contribution in [-0.2, 0) is 0 Å². The van der Waals surface area contributed by atoms with Crippen molar-refractivity contribution in [3.05, 3.63) is 18.4 Å². The maximum atomic E-state index is 4.72. The summed E-state index contributed by atoms with van der Waals surface area (Å²) in [6.07, 6.45) is 3.08. The van der Waals surface area contributed by atoms with Crippen LogP contribution in [0.1, 0.15) is 19.6 Å². The van der Waals surface area contributed by atoms with Gasteiger partial charge in [0.1, 0.15) is 5.76 Å². The molecule has 0 fully saturated rings. The molecule has 1 heterocycles. The lowest BCUT2D eigenvalue weighted by atomic mass is 10.6. The molecule has 60 valence electrons. The summed E-state index contributed by atoms with van der Waals surface area (Å²) in [6.45, 7) is 5.85. The zero-order chi connectivity index (χ0) is 8.41. The first kappa shape index (κ1) is 12.6. The summed E-state index contributed by atoms with van der Waals surface area (Å²) in [5, 5.41) is 0. The van der Waals surface area contributed by atoms with Gasteiger partial charge in [-0.2, -0.15) is 0 Å². The molecule has 0 unspecified atom stereocenters. The topological polar surface area (TPSA) is 26.0 Å². The van der Waals surface area contributed by atoms with E-state index in [4.69, 9.17) is 4.42 Å². The Balaban J connectivity index is 0. The highest BCUT2D eigenvalue weighted by Crippen LogP contribution is 1.88. The number of alkyl halides is 1. The number of hydrogen-bond donors (Lipinski definition) is 0. The lowest BCUT2D eigenvalue weighted by Crippen LogP contribution is -1.50. The van der Waals surface area contributed by atoms with Gasteiger partial charge in [-0.1, -0.05) is 36.4 Å². The third-order valence-electron chi connectivity index (χ3n) is 0.556. The van der Waals surface area contributed by atoms with Crippen molar-refractivity contribution in [1.82, 2.24) is 4.98 Å². The normalized spacial score (nSPS) is 6.50. The molecule has 0 saturated carbocycles. The molecule has 0 aliphatic carbocycles. The Morgan fingerprint density at radius 1 is 1.40 bits per heavy atom. The zero-order valence-electron chi connectivity index (χ0n) is 6.89. The van der Waals surface area contributed by atoms with Crippen LogP contribution in [0.4, 0.5) is 0 Å². The summed E-state index contributed by atoms with van der Waals surface area (Å²) in [7, 11) is 0. The molecule has 0 aromatic carbocycles. The van der Waals surface area contributed by atoms with Gasteiger partial charge in [0.2, 0.25) is 0 Å². The van der Waals surface area contributed by atoms with Gasteiger partial charge in [-0.15, -0.1) is 0 Å². The Bertz CT molecular complexity index is 117. The van der Waals surface area contributed by atoms with Gasteiger partial charge in [0.25, 0.3) is 0 Å². The molecule has 1 aromatic rings. The van der Waals surface area contributed by atoms with E-state index in [1.807, 2.05) is 25.7 Å². The van der Waals surface area contributed by atoms with E-state index in [-0.39, 0.29) is 0 Å². The van der Waals surface area contributed by atoms with Crippen molar-refractivity contribution >= 4 is 22.6 Å². The number of nitrogens with zero attached hydrogens (tertiary/aromatic N) is 1. The first-order valence-corrected chi connectivity index (χ1v) is 5.28. The minimum absolute atomic E-state index is 0.856. The molecule has 0 radical (unpaired) electrons. The van der Waals surface area contributed by atoms with E-state index in [1.54, 1.807) is 6.20 Å². The van der Waals surface area contributed by atoms with E-state index in [2.05, 4.69) is 27.6 Å². The van der Waals surface area contributed by atoms with Gasteiger partial charge < -0.3 is 4.42 Å². The van der Waals surface area contributed by atoms with E-state index >= 15 is 0 Å². The molecular formula is C7H14INO. The second kappa shape index (κ2) is 11.7. The minimum Gasteiger partial charge on any atom is -0.449 e.